The summed E-state index contributed by atoms with van der Waals surface area (Å²) in [6, 6.07) is 16.1. The van der Waals surface area contributed by atoms with E-state index in [1.165, 1.54) is 35.4 Å². The summed E-state index contributed by atoms with van der Waals surface area (Å²) in [5.74, 6) is -0.462. The largest absolute Gasteiger partial charge is 0.272 e. The molecular formula is C18H14FN3OS2. The van der Waals surface area contributed by atoms with E-state index in [1.54, 1.807) is 18.2 Å². The lowest BCUT2D eigenvalue weighted by molar-refractivity contribution is -0.118. The highest BCUT2D eigenvalue weighted by molar-refractivity contribution is 8.01. The number of nitrogens with zero attached hydrogens (tertiary/aromatic N) is 2. The third-order valence-electron chi connectivity index (χ3n) is 3.18. The monoisotopic (exact) mass is 371 g/mol. The van der Waals surface area contributed by atoms with E-state index in [1.807, 2.05) is 35.7 Å². The lowest BCUT2D eigenvalue weighted by atomic mass is 10.2. The predicted molar refractivity (Wildman–Crippen MR) is 100 cm³/mol. The van der Waals surface area contributed by atoms with E-state index in [-0.39, 0.29) is 17.5 Å². The zero-order chi connectivity index (χ0) is 17.5. The van der Waals surface area contributed by atoms with Gasteiger partial charge in [0.15, 0.2) is 4.34 Å². The number of carbonyl (C=O) groups is 1. The van der Waals surface area contributed by atoms with Gasteiger partial charge in [-0.1, -0.05) is 60.3 Å². The number of hydrazone groups is 1. The molecule has 2 aromatic carbocycles. The Morgan fingerprint density at radius 2 is 1.96 bits per heavy atom. The zero-order valence-electron chi connectivity index (χ0n) is 13.1. The van der Waals surface area contributed by atoms with E-state index in [2.05, 4.69) is 15.5 Å². The second-order valence-electron chi connectivity index (χ2n) is 4.97. The van der Waals surface area contributed by atoms with Crippen molar-refractivity contribution >= 4 is 35.2 Å². The molecule has 25 heavy (non-hydrogen) atoms. The average molecular weight is 371 g/mol. The van der Waals surface area contributed by atoms with Crippen LogP contribution in [0.5, 0.6) is 0 Å². The van der Waals surface area contributed by atoms with E-state index in [4.69, 9.17) is 0 Å². The van der Waals surface area contributed by atoms with Crippen molar-refractivity contribution in [1.29, 1.82) is 0 Å². The summed E-state index contributed by atoms with van der Waals surface area (Å²) >= 11 is 2.83. The number of aromatic nitrogens is 1. The Morgan fingerprint density at radius 1 is 1.20 bits per heavy atom. The highest BCUT2D eigenvalue weighted by Crippen LogP contribution is 2.27. The fraction of sp³-hybridized carbons (Fsp3) is 0.0556. The zero-order valence-corrected chi connectivity index (χ0v) is 14.7. The minimum Gasteiger partial charge on any atom is -0.272 e. The van der Waals surface area contributed by atoms with Gasteiger partial charge in [0.05, 0.1) is 17.7 Å². The molecule has 0 atom stereocenters. The summed E-state index contributed by atoms with van der Waals surface area (Å²) in [6.07, 6.45) is 1.29. The summed E-state index contributed by atoms with van der Waals surface area (Å²) in [5, 5.41) is 5.74. The van der Waals surface area contributed by atoms with Gasteiger partial charge in [-0.3, -0.25) is 4.79 Å². The van der Waals surface area contributed by atoms with Crippen molar-refractivity contribution in [3.05, 3.63) is 71.4 Å². The van der Waals surface area contributed by atoms with Crippen LogP contribution in [0, 0.1) is 5.82 Å². The van der Waals surface area contributed by atoms with E-state index < -0.39 is 0 Å². The number of hydrogen-bond acceptors (Lipinski definition) is 5. The molecule has 0 fully saturated rings. The Labute approximate surface area is 152 Å². The molecule has 0 unspecified atom stereocenters. The molecule has 0 aliphatic rings. The molecule has 1 N–H and O–H groups in total. The van der Waals surface area contributed by atoms with Gasteiger partial charge >= 0.3 is 0 Å². The molecule has 0 spiro atoms. The van der Waals surface area contributed by atoms with Crippen LogP contribution in [0.25, 0.3) is 11.3 Å². The van der Waals surface area contributed by atoms with Gasteiger partial charge in [-0.2, -0.15) is 5.10 Å². The van der Waals surface area contributed by atoms with Crippen LogP contribution in [0.15, 0.2) is 69.4 Å². The molecule has 3 aromatic rings. The normalized spacial score (nSPS) is 10.9. The number of benzene rings is 2. The molecule has 0 bridgehead atoms. The Hall–Kier alpha value is -2.51. The van der Waals surface area contributed by atoms with Gasteiger partial charge in [-0.25, -0.2) is 14.8 Å². The van der Waals surface area contributed by atoms with E-state index in [9.17, 15) is 9.18 Å². The molecule has 126 valence electrons. The lowest BCUT2D eigenvalue weighted by Gasteiger charge is -1.98. The number of rotatable bonds is 6. The van der Waals surface area contributed by atoms with Crippen LogP contribution in [-0.4, -0.2) is 22.9 Å². The van der Waals surface area contributed by atoms with Crippen LogP contribution in [0.3, 0.4) is 0 Å². The molecule has 4 nitrogen and oxygen atoms in total. The van der Waals surface area contributed by atoms with Gasteiger partial charge in [-0.05, 0) is 6.07 Å². The first-order valence-corrected chi connectivity index (χ1v) is 9.29. The molecule has 0 aliphatic heterocycles. The standard InChI is InChI=1S/C18H14FN3OS2/c19-15-9-5-4-8-14(15)10-20-22-17(23)12-25-18-21-16(11-24-18)13-6-2-1-3-7-13/h1-11H,12H2,(H,22,23)/b20-10+. The van der Waals surface area contributed by atoms with Crippen LogP contribution in [0.2, 0.25) is 0 Å². The van der Waals surface area contributed by atoms with Gasteiger partial charge in [0, 0.05) is 16.5 Å². The first-order valence-electron chi connectivity index (χ1n) is 7.42. The summed E-state index contributed by atoms with van der Waals surface area (Å²) in [5.41, 5.74) is 4.65. The first kappa shape index (κ1) is 17.3. The fourth-order valence-corrected chi connectivity index (χ4v) is 3.61. The molecule has 1 aromatic heterocycles. The van der Waals surface area contributed by atoms with Gasteiger partial charge in [-0.15, -0.1) is 11.3 Å². The third-order valence-corrected chi connectivity index (χ3v) is 5.20. The molecule has 1 amide bonds. The van der Waals surface area contributed by atoms with E-state index in [0.717, 1.165) is 15.6 Å². The summed E-state index contributed by atoms with van der Waals surface area (Å²) in [7, 11) is 0. The van der Waals surface area contributed by atoms with Crippen molar-refractivity contribution in [2.45, 2.75) is 4.34 Å². The number of amides is 1. The second-order valence-corrected chi connectivity index (χ2v) is 7.05. The van der Waals surface area contributed by atoms with Crippen LogP contribution in [0.1, 0.15) is 5.56 Å². The van der Waals surface area contributed by atoms with Crippen LogP contribution >= 0.6 is 23.1 Å². The molecular weight excluding hydrogens is 357 g/mol. The SMILES string of the molecule is O=C(CSc1nc(-c2ccccc2)cs1)N/N=C/c1ccccc1F. The fourth-order valence-electron chi connectivity index (χ4n) is 1.98. The summed E-state index contributed by atoms with van der Waals surface area (Å²) in [4.78, 5) is 16.3. The van der Waals surface area contributed by atoms with Gasteiger partial charge in [0.1, 0.15) is 5.82 Å². The van der Waals surface area contributed by atoms with E-state index >= 15 is 0 Å². The smallest absolute Gasteiger partial charge is 0.250 e. The van der Waals surface area contributed by atoms with Crippen molar-refractivity contribution in [2.24, 2.45) is 5.10 Å². The van der Waals surface area contributed by atoms with Crippen LogP contribution in [-0.2, 0) is 4.79 Å². The molecule has 3 rings (SSSR count). The second kappa shape index (κ2) is 8.55. The van der Waals surface area contributed by atoms with Gasteiger partial charge in [0.2, 0.25) is 0 Å². The average Bonchev–Trinajstić information content (AvgIpc) is 3.11. The predicted octanol–water partition coefficient (Wildman–Crippen LogP) is 4.19. The van der Waals surface area contributed by atoms with Crippen molar-refractivity contribution in [3.8, 4) is 11.3 Å². The summed E-state index contributed by atoms with van der Waals surface area (Å²) < 4.78 is 14.2. The lowest BCUT2D eigenvalue weighted by Crippen LogP contribution is -2.19. The minimum absolute atomic E-state index is 0.191. The van der Waals surface area contributed by atoms with Crippen LogP contribution in [0.4, 0.5) is 4.39 Å². The number of hydrogen-bond donors (Lipinski definition) is 1. The third kappa shape index (κ3) is 4.98. The van der Waals surface area contributed by atoms with Crippen molar-refractivity contribution in [1.82, 2.24) is 10.4 Å². The quantitative estimate of drug-likeness (QED) is 0.402. The molecule has 0 aliphatic carbocycles. The number of thiazole rings is 1. The topological polar surface area (TPSA) is 54.4 Å². The van der Waals surface area contributed by atoms with Crippen molar-refractivity contribution < 1.29 is 9.18 Å². The number of carbonyl (C=O) groups excluding carboxylic acids is 1. The number of nitrogens with one attached hydrogen (secondary N) is 1. The highest BCUT2D eigenvalue weighted by Gasteiger charge is 2.07. The Balaban J connectivity index is 1.50. The summed E-state index contributed by atoms with van der Waals surface area (Å²) in [6.45, 7) is 0. The molecule has 0 saturated carbocycles. The minimum atomic E-state index is -0.383. The Bertz CT molecular complexity index is 881. The first-order chi connectivity index (χ1) is 12.2. The van der Waals surface area contributed by atoms with Gasteiger partial charge < -0.3 is 0 Å². The number of halogens is 1. The maximum atomic E-state index is 13.4. The molecule has 0 saturated heterocycles. The maximum Gasteiger partial charge on any atom is 0.250 e. The molecule has 0 radical (unpaired) electrons. The Kier molecular flexibility index (Phi) is 5.92. The highest BCUT2D eigenvalue weighted by atomic mass is 32.2. The maximum absolute atomic E-state index is 13.4. The van der Waals surface area contributed by atoms with Crippen LogP contribution < -0.4 is 5.43 Å². The van der Waals surface area contributed by atoms with Gasteiger partial charge in [0.25, 0.3) is 5.91 Å². The van der Waals surface area contributed by atoms with Crippen molar-refractivity contribution in [2.75, 3.05) is 5.75 Å². The number of thioether (sulfide) groups is 1. The Morgan fingerprint density at radius 3 is 2.76 bits per heavy atom. The van der Waals surface area contributed by atoms with E-state index in [0.29, 0.717) is 5.56 Å². The van der Waals surface area contributed by atoms with Crippen molar-refractivity contribution in [3.63, 3.8) is 0 Å². The molecule has 1 heterocycles. The molecule has 7 heteroatoms.